The number of hydrogen-bond acceptors (Lipinski definition) is 2. The Balaban J connectivity index is 1.32. The number of amides is 1. The number of thiophene rings is 1. The summed E-state index contributed by atoms with van der Waals surface area (Å²) in [7, 11) is 0. The maximum atomic E-state index is 12.4. The second kappa shape index (κ2) is 7.08. The van der Waals surface area contributed by atoms with Crippen LogP contribution in [0.2, 0.25) is 0 Å². The zero-order valence-electron chi connectivity index (χ0n) is 14.0. The first-order chi connectivity index (χ1) is 11.8. The van der Waals surface area contributed by atoms with Gasteiger partial charge < -0.3 is 10.2 Å². The first kappa shape index (κ1) is 15.9. The van der Waals surface area contributed by atoms with E-state index in [2.05, 4.69) is 28.9 Å². The number of benzene rings is 1. The monoisotopic (exact) mass is 341 g/mol. The lowest BCUT2D eigenvalue weighted by molar-refractivity contribution is -0.928. The predicted octanol–water partition coefficient (Wildman–Crippen LogP) is 2.00. The Labute approximate surface area is 147 Å². The second-order valence-corrected chi connectivity index (χ2v) is 8.04. The van der Waals surface area contributed by atoms with E-state index in [1.54, 1.807) is 4.88 Å². The number of quaternary nitrogens is 1. The molecule has 1 aliphatic carbocycles. The molecule has 1 saturated carbocycles. The van der Waals surface area contributed by atoms with Crippen molar-refractivity contribution in [1.29, 1.82) is 0 Å². The lowest BCUT2D eigenvalue weighted by atomic mass is 9.96. The van der Waals surface area contributed by atoms with Crippen LogP contribution in [-0.4, -0.2) is 25.5 Å². The van der Waals surface area contributed by atoms with E-state index in [1.165, 1.54) is 28.9 Å². The van der Waals surface area contributed by atoms with Crippen molar-refractivity contribution in [1.82, 2.24) is 5.32 Å². The smallest absolute Gasteiger partial charge is 0.275 e. The van der Waals surface area contributed by atoms with Crippen LogP contribution >= 0.6 is 11.3 Å². The second-order valence-electron chi connectivity index (χ2n) is 7.03. The summed E-state index contributed by atoms with van der Waals surface area (Å²) in [6.07, 6.45) is 4.70. The van der Waals surface area contributed by atoms with Gasteiger partial charge in [0, 0.05) is 29.3 Å². The van der Waals surface area contributed by atoms with Crippen LogP contribution in [0.1, 0.15) is 34.9 Å². The number of carbonyl (C=O) groups is 1. The zero-order valence-corrected chi connectivity index (χ0v) is 14.8. The van der Waals surface area contributed by atoms with Gasteiger partial charge in [0.05, 0.1) is 6.54 Å². The van der Waals surface area contributed by atoms with Gasteiger partial charge in [0.2, 0.25) is 0 Å². The third-order valence-electron chi connectivity index (χ3n) is 5.29. The van der Waals surface area contributed by atoms with Crippen molar-refractivity contribution in [3.63, 3.8) is 0 Å². The minimum Gasteiger partial charge on any atom is -0.351 e. The average molecular weight is 342 g/mol. The third-order valence-corrected chi connectivity index (χ3v) is 6.28. The largest absolute Gasteiger partial charge is 0.351 e. The lowest BCUT2D eigenvalue weighted by Gasteiger charge is -2.32. The summed E-state index contributed by atoms with van der Waals surface area (Å²) in [5, 5.41) is 5.34. The van der Waals surface area contributed by atoms with Crippen LogP contribution in [0, 0.1) is 5.92 Å². The Morgan fingerprint density at radius 2 is 2.04 bits per heavy atom. The summed E-state index contributed by atoms with van der Waals surface area (Å²) in [4.78, 5) is 15.4. The van der Waals surface area contributed by atoms with Crippen molar-refractivity contribution in [3.05, 3.63) is 57.8 Å². The molecule has 0 radical (unpaired) electrons. The van der Waals surface area contributed by atoms with E-state index >= 15 is 0 Å². The standard InChI is InChI=1S/C20H24N2OS/c23-19(21-11-8-15-4-2-1-3-5-15)14-22-12-9-18-17(10-13-24-18)20(22)16-6-7-16/h1-5,10,13,16,20H,6-9,11-12,14H2,(H,21,23)/p+1/t20-/m0/s1. The van der Waals surface area contributed by atoms with Gasteiger partial charge in [-0.3, -0.25) is 4.79 Å². The molecule has 0 spiro atoms. The highest BCUT2D eigenvalue weighted by molar-refractivity contribution is 7.10. The predicted molar refractivity (Wildman–Crippen MR) is 97.3 cm³/mol. The molecule has 2 heterocycles. The fraction of sp³-hybridized carbons (Fsp3) is 0.450. The summed E-state index contributed by atoms with van der Waals surface area (Å²) in [6, 6.07) is 13.2. The van der Waals surface area contributed by atoms with Gasteiger partial charge in [-0.25, -0.2) is 0 Å². The number of hydrogen-bond donors (Lipinski definition) is 2. The van der Waals surface area contributed by atoms with Crippen molar-refractivity contribution >= 4 is 17.2 Å². The van der Waals surface area contributed by atoms with Crippen LogP contribution in [0.3, 0.4) is 0 Å². The molecule has 24 heavy (non-hydrogen) atoms. The third kappa shape index (κ3) is 3.55. The highest BCUT2D eigenvalue weighted by Crippen LogP contribution is 2.42. The van der Waals surface area contributed by atoms with Gasteiger partial charge in [-0.2, -0.15) is 0 Å². The maximum Gasteiger partial charge on any atom is 0.275 e. The number of rotatable bonds is 6. The first-order valence-electron chi connectivity index (χ1n) is 9.03. The Morgan fingerprint density at radius 3 is 2.83 bits per heavy atom. The fourth-order valence-electron chi connectivity index (χ4n) is 3.96. The van der Waals surface area contributed by atoms with Crippen LogP contribution < -0.4 is 10.2 Å². The van der Waals surface area contributed by atoms with E-state index in [9.17, 15) is 4.79 Å². The van der Waals surface area contributed by atoms with E-state index < -0.39 is 0 Å². The minimum absolute atomic E-state index is 0.199. The van der Waals surface area contributed by atoms with Crippen LogP contribution in [0.5, 0.6) is 0 Å². The number of carbonyl (C=O) groups excluding carboxylic acids is 1. The first-order valence-corrected chi connectivity index (χ1v) is 9.90. The van der Waals surface area contributed by atoms with Gasteiger partial charge in [-0.1, -0.05) is 30.3 Å². The molecule has 0 bridgehead atoms. The number of fused-ring (bicyclic) bond motifs is 1. The zero-order chi connectivity index (χ0) is 16.4. The van der Waals surface area contributed by atoms with Crippen molar-refractivity contribution in [2.24, 2.45) is 5.92 Å². The highest BCUT2D eigenvalue weighted by atomic mass is 32.1. The molecule has 2 N–H and O–H groups in total. The van der Waals surface area contributed by atoms with Gasteiger partial charge in [-0.15, -0.1) is 11.3 Å². The molecule has 126 valence electrons. The van der Waals surface area contributed by atoms with Gasteiger partial charge in [0.15, 0.2) is 6.54 Å². The molecule has 2 atom stereocenters. The van der Waals surface area contributed by atoms with E-state index in [4.69, 9.17) is 0 Å². The Bertz CT molecular complexity index is 693. The Morgan fingerprint density at radius 1 is 1.21 bits per heavy atom. The molecule has 3 nitrogen and oxygen atoms in total. The normalized spacial score (nSPS) is 22.8. The average Bonchev–Trinajstić information content (AvgIpc) is 3.32. The number of nitrogens with one attached hydrogen (secondary N) is 2. The van der Waals surface area contributed by atoms with Gasteiger partial charge >= 0.3 is 0 Å². The summed E-state index contributed by atoms with van der Waals surface area (Å²) in [5.74, 6) is 0.996. The highest BCUT2D eigenvalue weighted by Gasteiger charge is 2.43. The van der Waals surface area contributed by atoms with E-state index in [0.717, 1.165) is 31.8 Å². The maximum absolute atomic E-state index is 12.4. The van der Waals surface area contributed by atoms with Crippen molar-refractivity contribution in [2.45, 2.75) is 31.7 Å². The topological polar surface area (TPSA) is 33.5 Å². The van der Waals surface area contributed by atoms with E-state index in [-0.39, 0.29) is 5.91 Å². The SMILES string of the molecule is O=C(C[NH+]1CCc2sccc2[C@@H]1C1CC1)NCCc1ccccc1. The van der Waals surface area contributed by atoms with Crippen molar-refractivity contribution in [2.75, 3.05) is 19.6 Å². The van der Waals surface area contributed by atoms with Gasteiger partial charge in [0.1, 0.15) is 6.04 Å². The molecule has 1 aliphatic heterocycles. The van der Waals surface area contributed by atoms with Crippen molar-refractivity contribution < 1.29 is 9.69 Å². The molecule has 2 aliphatic rings. The molecule has 4 rings (SSSR count). The molecule has 1 amide bonds. The van der Waals surface area contributed by atoms with Gasteiger partial charge in [0.25, 0.3) is 5.91 Å². The minimum atomic E-state index is 0.199. The van der Waals surface area contributed by atoms with Crippen LogP contribution in [0.4, 0.5) is 0 Å². The molecule has 2 aromatic rings. The van der Waals surface area contributed by atoms with E-state index in [0.29, 0.717) is 12.6 Å². The Hall–Kier alpha value is -1.65. The van der Waals surface area contributed by atoms with Crippen LogP contribution in [0.15, 0.2) is 41.8 Å². The Kier molecular flexibility index (Phi) is 4.67. The molecular formula is C20H25N2OS+. The van der Waals surface area contributed by atoms with Crippen LogP contribution in [0.25, 0.3) is 0 Å². The summed E-state index contributed by atoms with van der Waals surface area (Å²) >= 11 is 1.89. The van der Waals surface area contributed by atoms with Crippen LogP contribution in [-0.2, 0) is 17.6 Å². The van der Waals surface area contributed by atoms with E-state index in [1.807, 2.05) is 29.5 Å². The lowest BCUT2D eigenvalue weighted by Crippen LogP contribution is -3.14. The summed E-state index contributed by atoms with van der Waals surface area (Å²) < 4.78 is 0. The quantitative estimate of drug-likeness (QED) is 0.828. The molecule has 1 aromatic heterocycles. The fourth-order valence-corrected chi connectivity index (χ4v) is 4.89. The molecule has 4 heteroatoms. The molecule has 0 saturated heterocycles. The molecule has 1 aromatic carbocycles. The molecule has 1 unspecified atom stereocenters. The molecular weight excluding hydrogens is 316 g/mol. The summed E-state index contributed by atoms with van der Waals surface area (Å²) in [6.45, 7) is 2.44. The van der Waals surface area contributed by atoms with Crippen molar-refractivity contribution in [3.8, 4) is 0 Å². The van der Waals surface area contributed by atoms with Gasteiger partial charge in [-0.05, 0) is 36.3 Å². The molecule has 1 fully saturated rings. The summed E-state index contributed by atoms with van der Waals surface area (Å²) in [5.41, 5.74) is 2.81.